The summed E-state index contributed by atoms with van der Waals surface area (Å²) in [6.07, 6.45) is -0.0948. The van der Waals surface area contributed by atoms with Gasteiger partial charge in [-0.25, -0.2) is 4.79 Å². The van der Waals surface area contributed by atoms with E-state index < -0.39 is 12.0 Å². The van der Waals surface area contributed by atoms with Gasteiger partial charge in [-0.3, -0.25) is 4.79 Å². The summed E-state index contributed by atoms with van der Waals surface area (Å²) in [5.74, 6) is -0.943. The van der Waals surface area contributed by atoms with Gasteiger partial charge in [0, 0.05) is 11.0 Å². The van der Waals surface area contributed by atoms with Gasteiger partial charge in [0.25, 0.3) is 0 Å². The third kappa shape index (κ3) is 4.86. The molecule has 1 rings (SSSR count). The summed E-state index contributed by atoms with van der Waals surface area (Å²) in [4.78, 5) is 21.7. The van der Waals surface area contributed by atoms with Gasteiger partial charge in [-0.05, 0) is 40.5 Å². The molecule has 1 aromatic carbocycles. The molecule has 0 saturated carbocycles. The Balaban J connectivity index is 2.50. The largest absolute Gasteiger partial charge is 0.481 e. The highest BCUT2D eigenvalue weighted by Crippen LogP contribution is 2.23. The predicted octanol–water partition coefficient (Wildman–Crippen LogP) is 2.35. The van der Waals surface area contributed by atoms with Crippen molar-refractivity contribution in [1.29, 1.82) is 0 Å². The third-order valence-corrected chi connectivity index (χ3v) is 2.69. The topological polar surface area (TPSA) is 78.4 Å². The number of amides is 2. The highest BCUT2D eigenvalue weighted by atomic mass is 79.9. The van der Waals surface area contributed by atoms with Crippen molar-refractivity contribution in [3.05, 3.63) is 28.2 Å². The highest BCUT2D eigenvalue weighted by molar-refractivity contribution is 9.10. The lowest BCUT2D eigenvalue weighted by Crippen LogP contribution is -2.30. The van der Waals surface area contributed by atoms with Crippen LogP contribution >= 0.6 is 15.9 Å². The van der Waals surface area contributed by atoms with Crippen LogP contribution in [0.15, 0.2) is 22.7 Å². The van der Waals surface area contributed by atoms with Gasteiger partial charge in [-0.15, -0.1) is 0 Å². The van der Waals surface area contributed by atoms with Crippen LogP contribution in [0.1, 0.15) is 12.0 Å². The van der Waals surface area contributed by atoms with Crippen LogP contribution in [0.5, 0.6) is 0 Å². The Morgan fingerprint density at radius 3 is 2.76 bits per heavy atom. The number of nitrogens with one attached hydrogen (secondary N) is 2. The number of carbonyl (C=O) groups is 2. The number of anilines is 1. The fourth-order valence-corrected chi connectivity index (χ4v) is 1.53. The average molecular weight is 301 g/mol. The fraction of sp³-hybridized carbons (Fsp3) is 0.273. The molecule has 0 fully saturated rings. The summed E-state index contributed by atoms with van der Waals surface area (Å²) < 4.78 is 0.775. The maximum atomic E-state index is 11.4. The quantitative estimate of drug-likeness (QED) is 0.799. The third-order valence-electron chi connectivity index (χ3n) is 1.99. The van der Waals surface area contributed by atoms with Crippen molar-refractivity contribution in [1.82, 2.24) is 5.32 Å². The first-order chi connectivity index (χ1) is 7.99. The summed E-state index contributed by atoms with van der Waals surface area (Å²) >= 11 is 3.31. The predicted molar refractivity (Wildman–Crippen MR) is 68.2 cm³/mol. The van der Waals surface area contributed by atoms with Gasteiger partial charge in [0.05, 0.1) is 12.1 Å². The van der Waals surface area contributed by atoms with Crippen molar-refractivity contribution in [2.45, 2.75) is 13.3 Å². The zero-order valence-corrected chi connectivity index (χ0v) is 10.9. The lowest BCUT2D eigenvalue weighted by atomic mass is 10.2. The molecule has 0 atom stereocenters. The fourth-order valence-electron chi connectivity index (χ4n) is 1.18. The lowest BCUT2D eigenvalue weighted by molar-refractivity contribution is -0.136. The number of carboxylic acid groups (broad SMARTS) is 1. The zero-order valence-electron chi connectivity index (χ0n) is 9.29. The standard InChI is InChI=1S/C11H13BrN2O3/c1-7-2-3-8(12)9(6-7)14-11(17)13-5-4-10(15)16/h2-3,6H,4-5H2,1H3,(H,15,16)(H2,13,14,17). The van der Waals surface area contributed by atoms with Crippen LogP contribution in [0.3, 0.4) is 0 Å². The molecule has 0 aliphatic carbocycles. The molecule has 5 nitrogen and oxygen atoms in total. The molecule has 3 N–H and O–H groups in total. The molecule has 0 heterocycles. The Bertz CT molecular complexity index is 435. The molecular weight excluding hydrogens is 288 g/mol. The van der Waals surface area contributed by atoms with Crippen LogP contribution in [-0.4, -0.2) is 23.7 Å². The summed E-state index contributed by atoms with van der Waals surface area (Å²) in [5.41, 5.74) is 1.67. The van der Waals surface area contributed by atoms with E-state index in [0.717, 1.165) is 10.0 Å². The van der Waals surface area contributed by atoms with Crippen LogP contribution in [0.4, 0.5) is 10.5 Å². The van der Waals surface area contributed by atoms with Crippen molar-refractivity contribution in [2.75, 3.05) is 11.9 Å². The monoisotopic (exact) mass is 300 g/mol. The van der Waals surface area contributed by atoms with Gasteiger partial charge in [-0.2, -0.15) is 0 Å². The molecule has 0 aromatic heterocycles. The lowest BCUT2D eigenvalue weighted by Gasteiger charge is -2.09. The molecule has 6 heteroatoms. The van der Waals surface area contributed by atoms with Crippen LogP contribution in [-0.2, 0) is 4.79 Å². The average Bonchev–Trinajstić information content (AvgIpc) is 2.23. The van der Waals surface area contributed by atoms with Crippen LogP contribution in [0.25, 0.3) is 0 Å². The summed E-state index contributed by atoms with van der Waals surface area (Å²) in [6, 6.07) is 5.15. The Hall–Kier alpha value is -1.56. The second kappa shape index (κ2) is 6.24. The van der Waals surface area contributed by atoms with E-state index in [-0.39, 0.29) is 13.0 Å². The minimum atomic E-state index is -0.943. The van der Waals surface area contributed by atoms with Crippen molar-refractivity contribution in [2.24, 2.45) is 0 Å². The first kappa shape index (κ1) is 13.5. The molecule has 0 spiro atoms. The molecule has 0 unspecified atom stereocenters. The van der Waals surface area contributed by atoms with Gasteiger partial charge in [0.15, 0.2) is 0 Å². The Labute approximate surface area is 107 Å². The maximum absolute atomic E-state index is 11.4. The highest BCUT2D eigenvalue weighted by Gasteiger charge is 2.05. The molecule has 0 bridgehead atoms. The minimum absolute atomic E-state index is 0.0948. The van der Waals surface area contributed by atoms with Gasteiger partial charge >= 0.3 is 12.0 Å². The van der Waals surface area contributed by atoms with E-state index in [2.05, 4.69) is 26.6 Å². The van der Waals surface area contributed by atoms with Crippen LogP contribution < -0.4 is 10.6 Å². The molecule has 0 aliphatic heterocycles. The number of carboxylic acids is 1. The van der Waals surface area contributed by atoms with Crippen molar-refractivity contribution in [3.63, 3.8) is 0 Å². The number of benzene rings is 1. The second-order valence-electron chi connectivity index (χ2n) is 3.51. The van der Waals surface area contributed by atoms with E-state index in [1.54, 1.807) is 0 Å². The van der Waals surface area contributed by atoms with Gasteiger partial charge in [-0.1, -0.05) is 6.07 Å². The zero-order chi connectivity index (χ0) is 12.8. The van der Waals surface area contributed by atoms with Crippen LogP contribution in [0, 0.1) is 6.92 Å². The molecule has 0 saturated heterocycles. The molecule has 17 heavy (non-hydrogen) atoms. The molecule has 1 aromatic rings. The summed E-state index contributed by atoms with van der Waals surface area (Å²) in [7, 11) is 0. The first-order valence-electron chi connectivity index (χ1n) is 5.02. The van der Waals surface area contributed by atoms with Gasteiger partial charge in [0.2, 0.25) is 0 Å². The van der Waals surface area contributed by atoms with Crippen molar-refractivity contribution >= 4 is 33.6 Å². The molecular formula is C11H13BrN2O3. The van der Waals surface area contributed by atoms with Crippen molar-refractivity contribution in [3.8, 4) is 0 Å². The van der Waals surface area contributed by atoms with Gasteiger partial charge in [0.1, 0.15) is 0 Å². The number of carbonyl (C=O) groups excluding carboxylic acids is 1. The van der Waals surface area contributed by atoms with E-state index in [4.69, 9.17) is 5.11 Å². The number of hydrogen-bond donors (Lipinski definition) is 3. The number of rotatable bonds is 4. The molecule has 2 amide bonds. The number of aliphatic carboxylic acids is 1. The van der Waals surface area contributed by atoms with E-state index in [9.17, 15) is 9.59 Å². The van der Waals surface area contributed by atoms with E-state index in [1.807, 2.05) is 25.1 Å². The minimum Gasteiger partial charge on any atom is -0.481 e. The maximum Gasteiger partial charge on any atom is 0.319 e. The Morgan fingerprint density at radius 1 is 1.41 bits per heavy atom. The van der Waals surface area contributed by atoms with Crippen LogP contribution in [0.2, 0.25) is 0 Å². The van der Waals surface area contributed by atoms with E-state index >= 15 is 0 Å². The van der Waals surface area contributed by atoms with E-state index in [0.29, 0.717) is 5.69 Å². The molecule has 0 aliphatic rings. The van der Waals surface area contributed by atoms with E-state index in [1.165, 1.54) is 0 Å². The molecule has 92 valence electrons. The Kier molecular flexibility index (Phi) is 4.96. The number of urea groups is 1. The smallest absolute Gasteiger partial charge is 0.319 e. The second-order valence-corrected chi connectivity index (χ2v) is 4.36. The number of halogens is 1. The summed E-state index contributed by atoms with van der Waals surface area (Å²) in [6.45, 7) is 2.02. The molecule has 0 radical (unpaired) electrons. The number of aryl methyl sites for hydroxylation is 1. The summed E-state index contributed by atoms with van der Waals surface area (Å²) in [5, 5.41) is 13.5. The number of hydrogen-bond acceptors (Lipinski definition) is 2. The Morgan fingerprint density at radius 2 is 2.12 bits per heavy atom. The first-order valence-corrected chi connectivity index (χ1v) is 5.81. The SMILES string of the molecule is Cc1ccc(Br)c(NC(=O)NCCC(=O)O)c1. The van der Waals surface area contributed by atoms with Gasteiger partial charge < -0.3 is 15.7 Å². The normalized spacial score (nSPS) is 9.76. The van der Waals surface area contributed by atoms with Crippen molar-refractivity contribution < 1.29 is 14.7 Å².